The molecule has 9 heteroatoms. The van der Waals surface area contributed by atoms with Crippen LogP contribution in [-0.4, -0.2) is 39.3 Å². The predicted molar refractivity (Wildman–Crippen MR) is 158 cm³/mol. The van der Waals surface area contributed by atoms with Crippen molar-refractivity contribution in [2.45, 2.75) is 12.8 Å². The number of fused-ring (bicyclic) bond motifs is 5. The van der Waals surface area contributed by atoms with E-state index in [2.05, 4.69) is 15.3 Å². The Morgan fingerprint density at radius 2 is 1.92 bits per heavy atom. The number of carbonyl (C=O) groups is 2. The summed E-state index contributed by atoms with van der Waals surface area (Å²) in [5, 5.41) is 18.5. The van der Waals surface area contributed by atoms with Crippen molar-refractivity contribution in [2.24, 2.45) is 0 Å². The number of amides is 2. The lowest BCUT2D eigenvalue weighted by Crippen LogP contribution is -2.30. The number of thiophene rings is 1. The number of aryl methyl sites for hydroxylation is 1. The van der Waals surface area contributed by atoms with Crippen LogP contribution in [0, 0.1) is 6.92 Å². The molecule has 0 unspecified atom stereocenters. The van der Waals surface area contributed by atoms with Crippen LogP contribution in [0.25, 0.3) is 31.9 Å². The van der Waals surface area contributed by atoms with E-state index in [1.807, 2.05) is 42.8 Å². The number of nitrogens with one attached hydrogen (secondary N) is 3. The highest BCUT2D eigenvalue weighted by Gasteiger charge is 2.36. The molecule has 7 nitrogen and oxygen atoms in total. The van der Waals surface area contributed by atoms with E-state index < -0.39 is 0 Å². The van der Waals surface area contributed by atoms with E-state index in [1.54, 1.807) is 35.4 Å². The highest BCUT2D eigenvalue weighted by atomic mass is 35.5. The van der Waals surface area contributed by atoms with Gasteiger partial charge < -0.3 is 25.3 Å². The minimum Gasteiger partial charge on any atom is -0.506 e. The van der Waals surface area contributed by atoms with Crippen molar-refractivity contribution in [1.82, 2.24) is 9.97 Å². The number of H-pyrrole nitrogens is 2. The highest BCUT2D eigenvalue weighted by molar-refractivity contribution is 7.17. The standard InChI is InChI=1S/C30H23ClN4O3S/c1-15-14-39-28-25(36)10-24-27(26(15)28)19(11-31)13-35(24)30(38)18-4-5-20-22(9-18)33-12-23(20)34-29(37)17-3-2-16-6-7-32-21(16)8-17/h2-10,12,14,19,32-33,36H,11,13H2,1H3,(H,34,37)/t19-/m1/s1. The van der Waals surface area contributed by atoms with Crippen molar-refractivity contribution in [2.75, 3.05) is 22.6 Å². The Morgan fingerprint density at radius 1 is 1.10 bits per heavy atom. The SMILES string of the molecule is Cc1csc2c(O)cc3c(c12)[C@H](CCl)CN3C(=O)c1ccc2c(NC(=O)c3ccc4cc[nH]c4c3)c[nH]c2c1. The fourth-order valence-electron chi connectivity index (χ4n) is 5.64. The minimum atomic E-state index is -0.219. The number of phenolic OH excluding ortho intramolecular Hbond substituents is 1. The molecule has 0 saturated heterocycles. The van der Waals surface area contributed by atoms with Gasteiger partial charge in [-0.15, -0.1) is 22.9 Å². The van der Waals surface area contributed by atoms with Gasteiger partial charge in [0.1, 0.15) is 5.75 Å². The zero-order chi connectivity index (χ0) is 26.8. The maximum Gasteiger partial charge on any atom is 0.258 e. The summed E-state index contributed by atoms with van der Waals surface area (Å²) in [6.07, 6.45) is 3.57. The van der Waals surface area contributed by atoms with Gasteiger partial charge in [-0.25, -0.2) is 0 Å². The second-order valence-electron chi connectivity index (χ2n) is 9.91. The van der Waals surface area contributed by atoms with Crippen molar-refractivity contribution >= 4 is 78.0 Å². The number of aromatic amines is 2. The van der Waals surface area contributed by atoms with Gasteiger partial charge in [0.15, 0.2) is 0 Å². The minimum absolute atomic E-state index is 0.0248. The lowest BCUT2D eigenvalue weighted by atomic mass is 9.97. The number of nitrogens with zero attached hydrogens (tertiary/aromatic N) is 1. The third-order valence-electron chi connectivity index (χ3n) is 7.55. The molecule has 1 aliphatic heterocycles. The molecular formula is C30H23ClN4O3S. The maximum absolute atomic E-state index is 13.8. The van der Waals surface area contributed by atoms with Gasteiger partial charge in [0, 0.05) is 69.7 Å². The number of anilines is 2. The second kappa shape index (κ2) is 8.90. The number of carbonyl (C=O) groups excluding carboxylic acids is 2. The number of rotatable bonds is 4. The van der Waals surface area contributed by atoms with Crippen LogP contribution in [0.2, 0.25) is 0 Å². The van der Waals surface area contributed by atoms with E-state index in [4.69, 9.17) is 11.6 Å². The molecule has 39 heavy (non-hydrogen) atoms. The Balaban J connectivity index is 1.19. The summed E-state index contributed by atoms with van der Waals surface area (Å²) in [5.41, 5.74) is 6.11. The van der Waals surface area contributed by atoms with Gasteiger partial charge in [-0.3, -0.25) is 9.59 Å². The second-order valence-corrected chi connectivity index (χ2v) is 11.1. The molecule has 4 heterocycles. The topological polar surface area (TPSA) is 101 Å². The molecule has 4 N–H and O–H groups in total. The first-order valence-corrected chi connectivity index (χ1v) is 14.0. The number of halogens is 1. The van der Waals surface area contributed by atoms with E-state index in [-0.39, 0.29) is 23.5 Å². The van der Waals surface area contributed by atoms with E-state index in [9.17, 15) is 14.7 Å². The van der Waals surface area contributed by atoms with Gasteiger partial charge >= 0.3 is 0 Å². The van der Waals surface area contributed by atoms with Crippen LogP contribution in [0.3, 0.4) is 0 Å². The van der Waals surface area contributed by atoms with Crippen LogP contribution in [0.15, 0.2) is 66.3 Å². The molecule has 0 aliphatic carbocycles. The number of benzene rings is 3. The largest absolute Gasteiger partial charge is 0.506 e. The summed E-state index contributed by atoms with van der Waals surface area (Å²) in [4.78, 5) is 34.7. The fraction of sp³-hybridized carbons (Fsp3) is 0.133. The van der Waals surface area contributed by atoms with Gasteiger partial charge in [0.25, 0.3) is 11.8 Å². The van der Waals surface area contributed by atoms with Crippen LogP contribution in [-0.2, 0) is 0 Å². The number of alkyl halides is 1. The summed E-state index contributed by atoms with van der Waals surface area (Å²) in [6.45, 7) is 2.46. The Bertz CT molecular complexity index is 1950. The van der Waals surface area contributed by atoms with Gasteiger partial charge in [0.05, 0.1) is 16.1 Å². The van der Waals surface area contributed by atoms with Gasteiger partial charge in [-0.05, 0) is 65.2 Å². The smallest absolute Gasteiger partial charge is 0.258 e. The van der Waals surface area contributed by atoms with E-state index in [0.717, 1.165) is 43.0 Å². The quantitative estimate of drug-likeness (QED) is 0.175. The molecule has 6 aromatic rings. The van der Waals surface area contributed by atoms with Gasteiger partial charge in [0.2, 0.25) is 0 Å². The van der Waals surface area contributed by atoms with Crippen molar-refractivity contribution < 1.29 is 14.7 Å². The molecule has 1 aliphatic rings. The molecular weight excluding hydrogens is 532 g/mol. The van der Waals surface area contributed by atoms with Gasteiger partial charge in [-0.1, -0.05) is 6.07 Å². The zero-order valence-electron chi connectivity index (χ0n) is 20.8. The van der Waals surface area contributed by atoms with Crippen molar-refractivity contribution in [1.29, 1.82) is 0 Å². The first-order chi connectivity index (χ1) is 18.9. The summed E-state index contributed by atoms with van der Waals surface area (Å²) < 4.78 is 0.825. The molecule has 3 aromatic carbocycles. The maximum atomic E-state index is 13.8. The van der Waals surface area contributed by atoms with Crippen LogP contribution in [0.5, 0.6) is 5.75 Å². The van der Waals surface area contributed by atoms with Crippen molar-refractivity contribution in [3.8, 4) is 5.75 Å². The highest BCUT2D eigenvalue weighted by Crippen LogP contribution is 2.48. The lowest BCUT2D eigenvalue weighted by molar-refractivity contribution is 0.0986. The number of hydrogen-bond acceptors (Lipinski definition) is 4. The number of hydrogen-bond donors (Lipinski definition) is 4. The molecule has 3 aromatic heterocycles. The molecule has 194 valence electrons. The molecule has 0 radical (unpaired) electrons. The Morgan fingerprint density at radius 3 is 2.77 bits per heavy atom. The number of aromatic hydroxyl groups is 1. The third-order valence-corrected chi connectivity index (χ3v) is 9.05. The Labute approximate surface area is 232 Å². The number of aromatic nitrogens is 2. The monoisotopic (exact) mass is 554 g/mol. The van der Waals surface area contributed by atoms with Gasteiger partial charge in [-0.2, -0.15) is 0 Å². The molecule has 2 amide bonds. The average Bonchev–Trinajstić information content (AvgIpc) is 3.73. The first-order valence-electron chi connectivity index (χ1n) is 12.5. The molecule has 0 fully saturated rings. The van der Waals surface area contributed by atoms with Crippen LogP contribution >= 0.6 is 22.9 Å². The summed E-state index contributed by atoms with van der Waals surface area (Å²) in [7, 11) is 0. The molecule has 1 atom stereocenters. The summed E-state index contributed by atoms with van der Waals surface area (Å²) >= 11 is 7.86. The molecule has 0 saturated carbocycles. The number of phenols is 1. The van der Waals surface area contributed by atoms with E-state index in [0.29, 0.717) is 34.9 Å². The zero-order valence-corrected chi connectivity index (χ0v) is 22.4. The summed E-state index contributed by atoms with van der Waals surface area (Å²) in [6, 6.07) is 14.6. The van der Waals surface area contributed by atoms with E-state index >= 15 is 0 Å². The Hall–Kier alpha value is -4.27. The Kier molecular flexibility index (Phi) is 5.43. The molecule has 7 rings (SSSR count). The normalized spacial score (nSPS) is 14.9. The van der Waals surface area contributed by atoms with Crippen LogP contribution in [0.1, 0.15) is 37.8 Å². The lowest BCUT2D eigenvalue weighted by Gasteiger charge is -2.18. The summed E-state index contributed by atoms with van der Waals surface area (Å²) in [5.74, 6) is 0.135. The van der Waals surface area contributed by atoms with E-state index in [1.165, 1.54) is 11.3 Å². The fourth-order valence-corrected chi connectivity index (χ4v) is 6.87. The molecule has 0 bridgehead atoms. The first kappa shape index (κ1) is 23.8. The van der Waals surface area contributed by atoms with Crippen LogP contribution < -0.4 is 10.2 Å². The van der Waals surface area contributed by atoms with Crippen molar-refractivity contribution in [3.63, 3.8) is 0 Å². The van der Waals surface area contributed by atoms with Crippen molar-refractivity contribution in [3.05, 3.63) is 88.6 Å². The average molecular weight is 555 g/mol. The predicted octanol–water partition coefficient (Wildman–Crippen LogP) is 7.11. The van der Waals surface area contributed by atoms with Crippen LogP contribution in [0.4, 0.5) is 11.4 Å². The third kappa shape index (κ3) is 3.71. The molecule has 0 spiro atoms.